The molecule has 6 heteroatoms. The molecule has 124 valence electrons. The number of allylic oxidation sites excluding steroid dienone is 1. The topological polar surface area (TPSA) is 80.2 Å². The fraction of sp³-hybridized carbons (Fsp3) is 0.625. The lowest BCUT2D eigenvalue weighted by molar-refractivity contribution is -0.0139. The maximum absolute atomic E-state index is 12.1. The molecule has 22 heavy (non-hydrogen) atoms. The molecule has 0 saturated carbocycles. The number of alkyl halides is 1. The first-order valence-corrected chi connectivity index (χ1v) is 7.19. The third-order valence-electron chi connectivity index (χ3n) is 3.38. The summed E-state index contributed by atoms with van der Waals surface area (Å²) in [7, 11) is 1.49. The summed E-state index contributed by atoms with van der Waals surface area (Å²) in [4.78, 5) is 7.71. The fourth-order valence-corrected chi connectivity index (χ4v) is 1.85. The number of terminal acetylenes is 1. The minimum absolute atomic E-state index is 0.0828. The quantitative estimate of drug-likeness (QED) is 0.280. The van der Waals surface area contributed by atoms with Gasteiger partial charge in [-0.2, -0.15) is 0 Å². The number of amidine groups is 1. The smallest absolute Gasteiger partial charge is 0.181 e. The molecule has 0 aliphatic carbocycles. The highest BCUT2D eigenvalue weighted by atomic mass is 19.1. The number of halogens is 1. The number of aliphatic hydroxyl groups excluding tert-OH is 1. The van der Waals surface area contributed by atoms with Crippen LogP contribution in [0, 0.1) is 18.3 Å². The van der Waals surface area contributed by atoms with E-state index in [0.717, 1.165) is 12.8 Å². The van der Waals surface area contributed by atoms with Crippen LogP contribution in [0.4, 0.5) is 4.39 Å². The van der Waals surface area contributed by atoms with Crippen molar-refractivity contribution in [2.75, 3.05) is 20.5 Å². The van der Waals surface area contributed by atoms with Crippen molar-refractivity contribution in [2.45, 2.75) is 38.7 Å². The molecule has 0 aliphatic rings. The van der Waals surface area contributed by atoms with Crippen molar-refractivity contribution in [2.24, 2.45) is 21.6 Å². The number of nitrogens with two attached hydrogens (primary N) is 1. The number of hydrogen-bond acceptors (Lipinski definition) is 4. The van der Waals surface area contributed by atoms with Gasteiger partial charge in [0.25, 0.3) is 0 Å². The molecule has 0 aromatic rings. The van der Waals surface area contributed by atoms with Crippen LogP contribution in [0.2, 0.25) is 0 Å². The zero-order chi connectivity index (χ0) is 17.0. The van der Waals surface area contributed by atoms with E-state index in [1.165, 1.54) is 7.11 Å². The van der Waals surface area contributed by atoms with Crippen molar-refractivity contribution in [1.29, 1.82) is 0 Å². The molecule has 3 N–H and O–H groups in total. The van der Waals surface area contributed by atoms with Gasteiger partial charge in [-0.05, 0) is 32.1 Å². The lowest BCUT2D eigenvalue weighted by Crippen LogP contribution is -2.33. The van der Waals surface area contributed by atoms with Gasteiger partial charge in [-0.3, -0.25) is 4.99 Å². The Labute approximate surface area is 132 Å². The molecule has 0 heterocycles. The predicted molar refractivity (Wildman–Crippen MR) is 88.5 cm³/mol. The molecule has 2 unspecified atom stereocenters. The van der Waals surface area contributed by atoms with Gasteiger partial charge in [0.1, 0.15) is 11.5 Å². The maximum Gasteiger partial charge on any atom is 0.181 e. The predicted octanol–water partition coefficient (Wildman–Crippen LogP) is 2.06. The van der Waals surface area contributed by atoms with Crippen molar-refractivity contribution in [3.8, 4) is 12.3 Å². The number of nitrogens with zero attached hydrogens (tertiary/aromatic N) is 2. The van der Waals surface area contributed by atoms with E-state index in [2.05, 4.69) is 15.9 Å². The molecular weight excluding hydrogens is 285 g/mol. The van der Waals surface area contributed by atoms with E-state index in [-0.39, 0.29) is 18.4 Å². The summed E-state index contributed by atoms with van der Waals surface area (Å²) < 4.78 is 17.3. The van der Waals surface area contributed by atoms with Gasteiger partial charge in [0.15, 0.2) is 12.4 Å². The van der Waals surface area contributed by atoms with Crippen LogP contribution in [-0.2, 0) is 4.74 Å². The Balaban J connectivity index is 4.46. The first kappa shape index (κ1) is 20.3. The lowest BCUT2D eigenvalue weighted by Gasteiger charge is -2.24. The first-order chi connectivity index (χ1) is 10.5. The molecule has 0 fully saturated rings. The minimum atomic E-state index is -0.913. The van der Waals surface area contributed by atoms with Crippen LogP contribution in [0.3, 0.4) is 0 Å². The van der Waals surface area contributed by atoms with Crippen LogP contribution >= 0.6 is 0 Å². The summed E-state index contributed by atoms with van der Waals surface area (Å²) in [6.45, 7) is 2.70. The molecule has 0 spiro atoms. The number of methoxy groups -OCH3 is 1. The Morgan fingerprint density at radius 1 is 1.59 bits per heavy atom. The minimum Gasteiger partial charge on any atom is -0.392 e. The summed E-state index contributed by atoms with van der Waals surface area (Å²) in [5.74, 6) is 2.76. The van der Waals surface area contributed by atoms with Crippen molar-refractivity contribution >= 4 is 12.1 Å². The summed E-state index contributed by atoms with van der Waals surface area (Å²) in [6, 6.07) is 0. The SMILES string of the molecule is C#CC(CO)(CCCC(C)C=N/C(=C\C)C(N)=NCF)OC. The zero-order valence-electron chi connectivity index (χ0n) is 13.6. The second-order valence-electron chi connectivity index (χ2n) is 4.99. The molecule has 2 atom stereocenters. The molecule has 0 aromatic carbocycles. The summed E-state index contributed by atoms with van der Waals surface area (Å²) in [6.07, 6.45) is 11.0. The van der Waals surface area contributed by atoms with Crippen LogP contribution in [0.15, 0.2) is 21.8 Å². The Kier molecular flexibility index (Phi) is 10.1. The summed E-state index contributed by atoms with van der Waals surface area (Å²) in [5.41, 5.74) is 5.14. The van der Waals surface area contributed by atoms with Gasteiger partial charge in [0.2, 0.25) is 0 Å². The van der Waals surface area contributed by atoms with E-state index in [0.29, 0.717) is 12.1 Å². The number of hydrogen-bond donors (Lipinski definition) is 2. The van der Waals surface area contributed by atoms with Crippen LogP contribution in [-0.4, -0.2) is 43.3 Å². The maximum atomic E-state index is 12.1. The first-order valence-electron chi connectivity index (χ1n) is 7.19. The highest BCUT2D eigenvalue weighted by molar-refractivity contribution is 5.97. The summed E-state index contributed by atoms with van der Waals surface area (Å²) in [5, 5.41) is 9.30. The van der Waals surface area contributed by atoms with E-state index >= 15 is 0 Å². The Morgan fingerprint density at radius 3 is 2.73 bits per heavy atom. The highest BCUT2D eigenvalue weighted by Gasteiger charge is 2.25. The monoisotopic (exact) mass is 311 g/mol. The van der Waals surface area contributed by atoms with E-state index in [1.807, 2.05) is 6.92 Å². The van der Waals surface area contributed by atoms with Crippen molar-refractivity contribution < 1.29 is 14.2 Å². The molecule has 0 rings (SSSR count). The third-order valence-corrected chi connectivity index (χ3v) is 3.38. The second kappa shape index (κ2) is 10.9. The van der Waals surface area contributed by atoms with Crippen molar-refractivity contribution in [1.82, 2.24) is 0 Å². The van der Waals surface area contributed by atoms with Gasteiger partial charge in [0, 0.05) is 13.3 Å². The van der Waals surface area contributed by atoms with Gasteiger partial charge < -0.3 is 15.6 Å². The molecule has 0 bridgehead atoms. The van der Waals surface area contributed by atoms with Crippen LogP contribution in [0.1, 0.15) is 33.1 Å². The van der Waals surface area contributed by atoms with E-state index in [4.69, 9.17) is 16.9 Å². The largest absolute Gasteiger partial charge is 0.392 e. The molecule has 0 saturated heterocycles. The fourth-order valence-electron chi connectivity index (χ4n) is 1.85. The second-order valence-corrected chi connectivity index (χ2v) is 4.99. The van der Waals surface area contributed by atoms with Gasteiger partial charge in [-0.15, -0.1) is 6.42 Å². The molecule has 0 amide bonds. The van der Waals surface area contributed by atoms with Crippen molar-refractivity contribution in [3.05, 3.63) is 11.8 Å². The van der Waals surface area contributed by atoms with E-state index in [1.54, 1.807) is 19.2 Å². The van der Waals surface area contributed by atoms with Gasteiger partial charge in [-0.25, -0.2) is 9.38 Å². The Morgan fingerprint density at radius 2 is 2.27 bits per heavy atom. The van der Waals surface area contributed by atoms with Gasteiger partial charge >= 0.3 is 0 Å². The number of ether oxygens (including phenoxy) is 1. The molecule has 5 nitrogen and oxygen atoms in total. The normalized spacial score (nSPS) is 17.3. The average Bonchev–Trinajstić information content (AvgIpc) is 2.53. The zero-order valence-corrected chi connectivity index (χ0v) is 13.6. The molecule has 0 radical (unpaired) electrons. The molecular formula is C16H26FN3O2. The molecule has 0 aliphatic heterocycles. The number of aliphatic hydroxyl groups is 1. The summed E-state index contributed by atoms with van der Waals surface area (Å²) >= 11 is 0. The van der Waals surface area contributed by atoms with Crippen LogP contribution in [0.5, 0.6) is 0 Å². The van der Waals surface area contributed by atoms with E-state index < -0.39 is 12.4 Å². The Hall–Kier alpha value is -1.71. The lowest BCUT2D eigenvalue weighted by atomic mass is 9.95. The standard InChI is InChI=1S/C16H26FN3O2/c1-5-14(15(18)20-12-17)19-10-13(3)8-7-9-16(6-2,11-21)22-4/h2,5,10,13,21H,7-9,11-12H2,1,3-4H3,(H2,18,20)/b14-5-,19-10?. The van der Waals surface area contributed by atoms with Crippen molar-refractivity contribution in [3.63, 3.8) is 0 Å². The number of rotatable bonds is 10. The Bertz CT molecular complexity index is 449. The van der Waals surface area contributed by atoms with Gasteiger partial charge in [-0.1, -0.05) is 18.9 Å². The van der Waals surface area contributed by atoms with E-state index in [9.17, 15) is 9.50 Å². The van der Waals surface area contributed by atoms with Gasteiger partial charge in [0.05, 0.1) is 6.61 Å². The molecule has 0 aromatic heterocycles. The average molecular weight is 311 g/mol. The third kappa shape index (κ3) is 6.83. The van der Waals surface area contributed by atoms with Crippen LogP contribution in [0.25, 0.3) is 0 Å². The van der Waals surface area contributed by atoms with Crippen LogP contribution < -0.4 is 5.73 Å². The highest BCUT2D eigenvalue weighted by Crippen LogP contribution is 2.19. The number of aliphatic imine (C=N–C) groups is 2.